The van der Waals surface area contributed by atoms with Crippen molar-refractivity contribution in [3.8, 4) is 0 Å². The van der Waals surface area contributed by atoms with E-state index >= 15 is 0 Å². The van der Waals surface area contributed by atoms with Crippen LogP contribution in [0.4, 0.5) is 5.69 Å². The molecule has 0 unspecified atom stereocenters. The predicted molar refractivity (Wildman–Crippen MR) is 85.4 cm³/mol. The van der Waals surface area contributed by atoms with Gasteiger partial charge in [0.1, 0.15) is 4.90 Å². The quantitative estimate of drug-likeness (QED) is 0.873. The van der Waals surface area contributed by atoms with E-state index in [2.05, 4.69) is 10.0 Å². The lowest BCUT2D eigenvalue weighted by Crippen LogP contribution is -2.12. The van der Waals surface area contributed by atoms with E-state index in [1.807, 2.05) is 0 Å². The first-order chi connectivity index (χ1) is 9.81. The average Bonchev–Trinajstić information content (AvgIpc) is 2.70. The number of sulfonamides is 1. The fourth-order valence-electron chi connectivity index (χ4n) is 1.91. The maximum absolute atomic E-state index is 12.4. The molecule has 5 nitrogen and oxygen atoms in total. The molecular formula is C13H15Cl2N3O2S. The summed E-state index contributed by atoms with van der Waals surface area (Å²) in [7, 11) is -0.0901. The third-order valence-electron chi connectivity index (χ3n) is 2.87. The van der Waals surface area contributed by atoms with Crippen molar-refractivity contribution >= 4 is 38.9 Å². The maximum atomic E-state index is 12.4. The van der Waals surface area contributed by atoms with Gasteiger partial charge in [0, 0.05) is 35.5 Å². The first-order valence-corrected chi connectivity index (χ1v) is 8.34. The summed E-state index contributed by atoms with van der Waals surface area (Å²) in [6.07, 6.45) is 1.56. The van der Waals surface area contributed by atoms with Crippen molar-refractivity contribution in [2.45, 2.75) is 11.4 Å². The summed E-state index contributed by atoms with van der Waals surface area (Å²) >= 11 is 11.7. The molecule has 2 N–H and O–H groups in total. The molecule has 0 aliphatic heterocycles. The second kappa shape index (κ2) is 6.27. The molecule has 0 spiro atoms. The molecule has 0 amide bonds. The average molecular weight is 348 g/mol. The van der Waals surface area contributed by atoms with Gasteiger partial charge in [-0.1, -0.05) is 23.2 Å². The molecule has 0 aliphatic rings. The number of aromatic nitrogens is 1. The van der Waals surface area contributed by atoms with E-state index in [4.69, 9.17) is 23.2 Å². The van der Waals surface area contributed by atoms with E-state index < -0.39 is 10.0 Å². The van der Waals surface area contributed by atoms with Crippen molar-refractivity contribution in [1.29, 1.82) is 0 Å². The summed E-state index contributed by atoms with van der Waals surface area (Å²) in [4.78, 5) is 0.186. The highest BCUT2D eigenvalue weighted by Gasteiger charge is 2.18. The van der Waals surface area contributed by atoms with Crippen molar-refractivity contribution in [2.75, 3.05) is 11.8 Å². The Morgan fingerprint density at radius 1 is 1.14 bits per heavy atom. The molecular weight excluding hydrogens is 333 g/mol. The molecule has 0 atom stereocenters. The molecule has 8 heteroatoms. The van der Waals surface area contributed by atoms with Crippen LogP contribution < -0.4 is 10.0 Å². The normalized spacial score (nSPS) is 11.6. The lowest BCUT2D eigenvalue weighted by Gasteiger charge is -2.07. The molecule has 21 heavy (non-hydrogen) atoms. The molecule has 0 bridgehead atoms. The van der Waals surface area contributed by atoms with E-state index in [9.17, 15) is 8.42 Å². The van der Waals surface area contributed by atoms with Gasteiger partial charge in [0.25, 0.3) is 10.0 Å². The first-order valence-electron chi connectivity index (χ1n) is 6.10. The highest BCUT2D eigenvalue weighted by atomic mass is 35.5. The van der Waals surface area contributed by atoms with Crippen LogP contribution in [0.1, 0.15) is 5.69 Å². The van der Waals surface area contributed by atoms with E-state index in [1.54, 1.807) is 30.9 Å². The minimum absolute atomic E-state index is 0.186. The van der Waals surface area contributed by atoms with Crippen LogP contribution in [0.5, 0.6) is 0 Å². The molecule has 0 aliphatic carbocycles. The van der Waals surface area contributed by atoms with Gasteiger partial charge in [-0.15, -0.1) is 0 Å². The predicted octanol–water partition coefficient (Wildman–Crippen LogP) is 2.85. The molecule has 1 aromatic carbocycles. The number of rotatable bonds is 5. The number of aryl methyl sites for hydroxylation is 1. The van der Waals surface area contributed by atoms with Gasteiger partial charge >= 0.3 is 0 Å². The lowest BCUT2D eigenvalue weighted by atomic mass is 10.3. The van der Waals surface area contributed by atoms with E-state index in [-0.39, 0.29) is 4.90 Å². The lowest BCUT2D eigenvalue weighted by molar-refractivity contribution is 0.601. The van der Waals surface area contributed by atoms with Crippen LogP contribution >= 0.6 is 23.2 Å². The van der Waals surface area contributed by atoms with E-state index in [1.165, 1.54) is 18.2 Å². The van der Waals surface area contributed by atoms with Crippen molar-refractivity contribution in [3.63, 3.8) is 0 Å². The second-order valence-corrected chi connectivity index (χ2v) is 7.13. The number of hydrogen-bond donors (Lipinski definition) is 2. The number of nitrogens with one attached hydrogen (secondary N) is 2. The van der Waals surface area contributed by atoms with Crippen LogP contribution in [-0.4, -0.2) is 20.0 Å². The zero-order chi connectivity index (χ0) is 15.6. The molecule has 0 fully saturated rings. The number of anilines is 1. The number of hydrogen-bond acceptors (Lipinski definition) is 3. The topological polar surface area (TPSA) is 63.1 Å². The first kappa shape index (κ1) is 16.2. The summed E-state index contributed by atoms with van der Waals surface area (Å²) in [5, 5.41) is 3.71. The molecule has 2 aromatic rings. The summed E-state index contributed by atoms with van der Waals surface area (Å²) in [6.45, 7) is 0.578. The van der Waals surface area contributed by atoms with Crippen LogP contribution in [0.15, 0.2) is 35.4 Å². The van der Waals surface area contributed by atoms with Crippen molar-refractivity contribution in [1.82, 2.24) is 9.88 Å². The van der Waals surface area contributed by atoms with Crippen molar-refractivity contribution < 1.29 is 8.42 Å². The Morgan fingerprint density at radius 3 is 2.33 bits per heavy atom. The van der Waals surface area contributed by atoms with E-state index in [0.29, 0.717) is 22.3 Å². The maximum Gasteiger partial charge on any atom is 0.263 e. The van der Waals surface area contributed by atoms with Gasteiger partial charge in [0.2, 0.25) is 0 Å². The fourth-order valence-corrected chi connectivity index (χ4v) is 3.57. The minimum atomic E-state index is -3.68. The Bertz CT molecular complexity index is 737. The Hall–Kier alpha value is -1.21. The Morgan fingerprint density at radius 2 is 1.76 bits per heavy atom. The SMILES string of the molecule is CNCc1cc(S(=O)(=O)Nc2cc(Cl)cc(Cl)c2)cn1C. The van der Waals surface area contributed by atoms with Gasteiger partial charge in [0.05, 0.1) is 5.69 Å². The van der Waals surface area contributed by atoms with Crippen LogP contribution in [0.25, 0.3) is 0 Å². The highest BCUT2D eigenvalue weighted by Crippen LogP contribution is 2.25. The molecule has 2 rings (SSSR count). The smallest absolute Gasteiger partial charge is 0.263 e. The van der Waals surface area contributed by atoms with Crippen LogP contribution in [0.3, 0.4) is 0 Å². The van der Waals surface area contributed by atoms with Crippen molar-refractivity contribution in [2.24, 2.45) is 7.05 Å². The van der Waals surface area contributed by atoms with Gasteiger partial charge in [-0.05, 0) is 31.3 Å². The van der Waals surface area contributed by atoms with Crippen molar-refractivity contribution in [3.05, 3.63) is 46.2 Å². The number of halogens is 2. The molecule has 0 saturated heterocycles. The van der Waals surface area contributed by atoms with Crippen LogP contribution in [0, 0.1) is 0 Å². The third kappa shape index (κ3) is 3.91. The third-order valence-corrected chi connectivity index (χ3v) is 4.65. The largest absolute Gasteiger partial charge is 0.352 e. The van der Waals surface area contributed by atoms with Crippen LogP contribution in [-0.2, 0) is 23.6 Å². The summed E-state index contributed by atoms with van der Waals surface area (Å²) < 4.78 is 29.0. The number of benzene rings is 1. The van der Waals surface area contributed by atoms with Gasteiger partial charge in [0.15, 0.2) is 0 Å². The monoisotopic (exact) mass is 347 g/mol. The standard InChI is InChI=1S/C13H15Cl2N3O2S/c1-16-7-12-6-13(8-18(12)2)21(19,20)17-11-4-9(14)3-10(15)5-11/h3-6,8,16-17H,7H2,1-2H3. The van der Waals surface area contributed by atoms with Gasteiger partial charge in [-0.25, -0.2) is 8.42 Å². The van der Waals surface area contributed by atoms with Gasteiger partial charge in [-0.3, -0.25) is 4.72 Å². The summed E-state index contributed by atoms with van der Waals surface area (Å²) in [6, 6.07) is 6.16. The zero-order valence-corrected chi connectivity index (χ0v) is 13.9. The molecule has 0 saturated carbocycles. The molecule has 1 aromatic heterocycles. The van der Waals surface area contributed by atoms with Crippen LogP contribution in [0.2, 0.25) is 10.0 Å². The van der Waals surface area contributed by atoms with Gasteiger partial charge in [-0.2, -0.15) is 0 Å². The Balaban J connectivity index is 2.31. The Kier molecular flexibility index (Phi) is 4.83. The molecule has 0 radical (unpaired) electrons. The second-order valence-electron chi connectivity index (χ2n) is 4.57. The summed E-state index contributed by atoms with van der Waals surface area (Å²) in [5.74, 6) is 0. The fraction of sp³-hybridized carbons (Fsp3) is 0.231. The molecule has 1 heterocycles. The van der Waals surface area contributed by atoms with E-state index in [0.717, 1.165) is 5.69 Å². The number of nitrogens with zero attached hydrogens (tertiary/aromatic N) is 1. The Labute approximate surface area is 133 Å². The summed E-state index contributed by atoms with van der Waals surface area (Å²) in [5.41, 5.74) is 1.19. The highest BCUT2D eigenvalue weighted by molar-refractivity contribution is 7.92. The zero-order valence-electron chi connectivity index (χ0n) is 11.5. The minimum Gasteiger partial charge on any atom is -0.352 e. The molecule has 114 valence electrons. The van der Waals surface area contributed by atoms with Gasteiger partial charge < -0.3 is 9.88 Å².